The van der Waals surface area contributed by atoms with Crippen LogP contribution in [-0.2, 0) is 9.59 Å². The molecule has 0 bridgehead atoms. The van der Waals surface area contributed by atoms with E-state index in [0.717, 1.165) is 19.4 Å². The minimum absolute atomic E-state index is 0.0125. The minimum atomic E-state index is -1.18. The van der Waals surface area contributed by atoms with Gasteiger partial charge in [-0.2, -0.15) is 0 Å². The number of carboxylic acids is 1. The maximum absolute atomic E-state index is 11.6. The zero-order valence-corrected chi connectivity index (χ0v) is 11.6. The molecule has 0 aromatic carbocycles. The molecule has 1 fully saturated rings. The van der Waals surface area contributed by atoms with E-state index in [1.807, 2.05) is 7.05 Å². The summed E-state index contributed by atoms with van der Waals surface area (Å²) < 4.78 is 0. The Balaban J connectivity index is 2.33. The molecule has 1 rings (SSSR count). The van der Waals surface area contributed by atoms with Gasteiger partial charge in [0, 0.05) is 19.0 Å². The third kappa shape index (κ3) is 5.43. The van der Waals surface area contributed by atoms with Gasteiger partial charge in [-0.1, -0.05) is 0 Å². The van der Waals surface area contributed by atoms with Gasteiger partial charge in [-0.15, -0.1) is 0 Å². The number of carbonyl (C=O) groups excluding carboxylic acids is 2. The monoisotopic (exact) mass is 286 g/mol. The Hall–Kier alpha value is -1.83. The number of rotatable bonds is 7. The van der Waals surface area contributed by atoms with Gasteiger partial charge in [-0.05, 0) is 32.9 Å². The second-order valence-corrected chi connectivity index (χ2v) is 5.03. The molecule has 3 amide bonds. The number of hydrogen-bond acceptors (Lipinski definition) is 4. The van der Waals surface area contributed by atoms with Crippen LogP contribution in [0.5, 0.6) is 0 Å². The second-order valence-electron chi connectivity index (χ2n) is 5.03. The van der Waals surface area contributed by atoms with Crippen molar-refractivity contribution in [2.75, 3.05) is 20.1 Å². The molecule has 2 atom stereocenters. The third-order valence-corrected chi connectivity index (χ3v) is 3.45. The van der Waals surface area contributed by atoms with E-state index in [9.17, 15) is 14.4 Å². The van der Waals surface area contributed by atoms with Crippen LogP contribution in [0.15, 0.2) is 0 Å². The highest BCUT2D eigenvalue weighted by Gasteiger charge is 2.23. The number of hydrogen-bond donors (Lipinski definition) is 4. The van der Waals surface area contributed by atoms with Gasteiger partial charge in [0.05, 0.1) is 0 Å². The Kier molecular flexibility index (Phi) is 6.23. The lowest BCUT2D eigenvalue weighted by atomic mass is 10.1. The van der Waals surface area contributed by atoms with Crippen molar-refractivity contribution in [1.29, 1.82) is 0 Å². The fourth-order valence-electron chi connectivity index (χ4n) is 2.20. The van der Waals surface area contributed by atoms with Crippen molar-refractivity contribution in [3.8, 4) is 0 Å². The van der Waals surface area contributed by atoms with Gasteiger partial charge < -0.3 is 26.4 Å². The molecule has 1 heterocycles. The van der Waals surface area contributed by atoms with Gasteiger partial charge in [0.15, 0.2) is 0 Å². The normalized spacial score (nSPS) is 20.4. The number of nitrogens with one attached hydrogen (secondary N) is 2. The predicted molar refractivity (Wildman–Crippen MR) is 72.0 cm³/mol. The summed E-state index contributed by atoms with van der Waals surface area (Å²) in [7, 11) is 1.99. The van der Waals surface area contributed by atoms with Gasteiger partial charge in [0.25, 0.3) is 0 Å². The average molecular weight is 286 g/mol. The van der Waals surface area contributed by atoms with Crippen LogP contribution in [-0.4, -0.2) is 60.1 Å². The number of primary amides is 1. The Morgan fingerprint density at radius 1 is 1.45 bits per heavy atom. The molecular weight excluding hydrogens is 264 g/mol. The predicted octanol–water partition coefficient (Wildman–Crippen LogP) is -0.901. The van der Waals surface area contributed by atoms with Crippen molar-refractivity contribution >= 4 is 17.9 Å². The number of nitrogens with two attached hydrogens (primary N) is 1. The van der Waals surface area contributed by atoms with E-state index in [4.69, 9.17) is 10.8 Å². The quantitative estimate of drug-likeness (QED) is 0.482. The SMILES string of the molecule is CN1CCCC1CNC(=O)N[C@H](CCC(N)=O)C(=O)O. The first kappa shape index (κ1) is 16.2. The van der Waals surface area contributed by atoms with E-state index in [0.29, 0.717) is 6.54 Å². The molecule has 0 radical (unpaired) electrons. The van der Waals surface area contributed by atoms with Gasteiger partial charge in [-0.25, -0.2) is 9.59 Å². The zero-order valence-electron chi connectivity index (χ0n) is 11.6. The summed E-state index contributed by atoms with van der Waals surface area (Å²) in [5.41, 5.74) is 4.96. The summed E-state index contributed by atoms with van der Waals surface area (Å²) in [5.74, 6) is -1.77. The van der Waals surface area contributed by atoms with Crippen LogP contribution in [0.2, 0.25) is 0 Å². The second kappa shape index (κ2) is 7.68. The van der Waals surface area contributed by atoms with Crippen LogP contribution in [0, 0.1) is 0 Å². The largest absolute Gasteiger partial charge is 0.480 e. The maximum Gasteiger partial charge on any atom is 0.326 e. The van der Waals surface area contributed by atoms with E-state index in [2.05, 4.69) is 15.5 Å². The molecule has 8 nitrogen and oxygen atoms in total. The van der Waals surface area contributed by atoms with Crippen molar-refractivity contribution < 1.29 is 19.5 Å². The molecule has 1 aliphatic rings. The van der Waals surface area contributed by atoms with Crippen LogP contribution in [0.25, 0.3) is 0 Å². The van der Waals surface area contributed by atoms with Crippen molar-refractivity contribution in [3.63, 3.8) is 0 Å². The molecule has 1 unspecified atom stereocenters. The molecule has 20 heavy (non-hydrogen) atoms. The number of urea groups is 1. The van der Waals surface area contributed by atoms with Gasteiger partial charge in [0.1, 0.15) is 6.04 Å². The number of likely N-dealkylation sites (N-methyl/N-ethyl adjacent to an activating group) is 1. The van der Waals surface area contributed by atoms with E-state index in [1.54, 1.807) is 0 Å². The topological polar surface area (TPSA) is 125 Å². The summed E-state index contributed by atoms with van der Waals surface area (Å²) in [6.07, 6.45) is 2.02. The third-order valence-electron chi connectivity index (χ3n) is 3.45. The molecule has 1 aliphatic heterocycles. The van der Waals surface area contributed by atoms with Crippen LogP contribution < -0.4 is 16.4 Å². The number of nitrogens with zero attached hydrogens (tertiary/aromatic N) is 1. The zero-order chi connectivity index (χ0) is 15.1. The summed E-state index contributed by atoms with van der Waals surface area (Å²) >= 11 is 0. The molecule has 8 heteroatoms. The van der Waals surface area contributed by atoms with Gasteiger partial charge in [-0.3, -0.25) is 4.79 Å². The standard InChI is InChI=1S/C12H22N4O4/c1-16-6-2-3-8(16)7-14-12(20)15-9(11(18)19)4-5-10(13)17/h8-9H,2-7H2,1H3,(H2,13,17)(H,18,19)(H2,14,15,20)/t8?,9-/m1/s1. The Labute approximate surface area is 117 Å². The molecule has 0 aromatic heterocycles. The maximum atomic E-state index is 11.6. The van der Waals surface area contributed by atoms with Crippen LogP contribution in [0.3, 0.4) is 0 Å². The minimum Gasteiger partial charge on any atom is -0.480 e. The lowest BCUT2D eigenvalue weighted by molar-refractivity contribution is -0.139. The van der Waals surface area contributed by atoms with Crippen molar-refractivity contribution in [2.45, 2.75) is 37.8 Å². The lowest BCUT2D eigenvalue weighted by Gasteiger charge is -2.20. The molecule has 0 spiro atoms. The number of amides is 3. The van der Waals surface area contributed by atoms with Gasteiger partial charge >= 0.3 is 12.0 Å². The average Bonchev–Trinajstić information content (AvgIpc) is 2.77. The highest BCUT2D eigenvalue weighted by atomic mass is 16.4. The first-order valence-electron chi connectivity index (χ1n) is 6.66. The molecule has 0 aliphatic carbocycles. The number of carbonyl (C=O) groups is 3. The first-order valence-corrected chi connectivity index (χ1v) is 6.66. The summed E-state index contributed by atoms with van der Waals surface area (Å²) in [6, 6.07) is -1.36. The Bertz CT molecular complexity index is 374. The van der Waals surface area contributed by atoms with E-state index in [1.165, 1.54) is 0 Å². The number of carboxylic acid groups (broad SMARTS) is 1. The molecule has 114 valence electrons. The molecule has 0 saturated carbocycles. The highest BCUT2D eigenvalue weighted by molar-refractivity contribution is 5.83. The number of aliphatic carboxylic acids is 1. The lowest BCUT2D eigenvalue weighted by Crippen LogP contribution is -2.49. The van der Waals surface area contributed by atoms with Gasteiger partial charge in [0.2, 0.25) is 5.91 Å². The Morgan fingerprint density at radius 2 is 2.15 bits per heavy atom. The van der Waals surface area contributed by atoms with E-state index in [-0.39, 0.29) is 18.9 Å². The smallest absolute Gasteiger partial charge is 0.326 e. The van der Waals surface area contributed by atoms with Crippen LogP contribution in [0.4, 0.5) is 4.79 Å². The summed E-state index contributed by atoms with van der Waals surface area (Å²) in [5, 5.41) is 13.9. The summed E-state index contributed by atoms with van der Waals surface area (Å²) in [4.78, 5) is 35.4. The summed E-state index contributed by atoms with van der Waals surface area (Å²) in [6.45, 7) is 1.48. The fourth-order valence-corrected chi connectivity index (χ4v) is 2.20. The van der Waals surface area contributed by atoms with Crippen molar-refractivity contribution in [3.05, 3.63) is 0 Å². The Morgan fingerprint density at radius 3 is 2.65 bits per heavy atom. The molecule has 1 saturated heterocycles. The molecule has 5 N–H and O–H groups in total. The van der Waals surface area contributed by atoms with Crippen molar-refractivity contribution in [2.24, 2.45) is 5.73 Å². The van der Waals surface area contributed by atoms with E-state index >= 15 is 0 Å². The fraction of sp³-hybridized carbons (Fsp3) is 0.750. The molecule has 0 aromatic rings. The molecular formula is C12H22N4O4. The number of likely N-dealkylation sites (tertiary alicyclic amines) is 1. The van der Waals surface area contributed by atoms with E-state index < -0.39 is 23.9 Å². The highest BCUT2D eigenvalue weighted by Crippen LogP contribution is 2.13. The van der Waals surface area contributed by atoms with Crippen molar-refractivity contribution in [1.82, 2.24) is 15.5 Å². The first-order chi connectivity index (χ1) is 9.40. The van der Waals surface area contributed by atoms with Crippen LogP contribution in [0.1, 0.15) is 25.7 Å². The van der Waals surface area contributed by atoms with Crippen LogP contribution >= 0.6 is 0 Å².